The molecule has 1 amide bonds. The summed E-state index contributed by atoms with van der Waals surface area (Å²) in [4.78, 5) is 25.3. The minimum absolute atomic E-state index is 0. The number of anilines is 1. The number of carboxylic acids is 1. The molecule has 1 aromatic carbocycles. The maximum atomic E-state index is 11.8. The molecule has 0 saturated heterocycles. The maximum absolute atomic E-state index is 11.8. The largest absolute Gasteiger partial charge is 0.480 e. The molecule has 0 atom stereocenters. The Kier molecular flexibility index (Phi) is 7.00. The number of carbonyl (C=O) groups excluding carboxylic acids is 1. The quantitative estimate of drug-likeness (QED) is 0.872. The van der Waals surface area contributed by atoms with E-state index >= 15 is 0 Å². The number of rotatable bonds is 5. The van der Waals surface area contributed by atoms with Gasteiger partial charge in [0.15, 0.2) is 0 Å². The van der Waals surface area contributed by atoms with Gasteiger partial charge in [-0.15, -0.1) is 12.4 Å². The van der Waals surface area contributed by atoms with Crippen LogP contribution in [0.25, 0.3) is 0 Å². The average Bonchev–Trinajstić information content (AvgIpc) is 2.28. The van der Waals surface area contributed by atoms with Crippen LogP contribution in [0.1, 0.15) is 0 Å². The molecule has 6 heteroatoms. The number of carbonyl (C=O) groups is 2. The second-order valence-corrected chi connectivity index (χ2v) is 3.85. The van der Waals surface area contributed by atoms with Crippen molar-refractivity contribution >= 4 is 30.0 Å². The zero-order valence-corrected chi connectivity index (χ0v) is 11.2. The lowest BCUT2D eigenvalue weighted by Gasteiger charge is -2.20. The third kappa shape index (κ3) is 5.16. The van der Waals surface area contributed by atoms with Gasteiger partial charge in [-0.2, -0.15) is 0 Å². The van der Waals surface area contributed by atoms with Crippen LogP contribution in [0.3, 0.4) is 0 Å². The molecule has 0 spiro atoms. The molecule has 0 fully saturated rings. The van der Waals surface area contributed by atoms with Gasteiger partial charge in [-0.3, -0.25) is 14.5 Å². The fraction of sp³-hybridized carbons (Fsp3) is 0.333. The Morgan fingerprint density at radius 2 is 1.67 bits per heavy atom. The van der Waals surface area contributed by atoms with Crippen LogP contribution >= 0.6 is 12.4 Å². The van der Waals surface area contributed by atoms with Crippen LogP contribution in [0.15, 0.2) is 30.3 Å². The van der Waals surface area contributed by atoms with Gasteiger partial charge in [0, 0.05) is 12.7 Å². The van der Waals surface area contributed by atoms with E-state index in [9.17, 15) is 9.59 Å². The van der Waals surface area contributed by atoms with Gasteiger partial charge in [-0.25, -0.2) is 0 Å². The molecule has 0 bridgehead atoms. The molecule has 0 aromatic heterocycles. The van der Waals surface area contributed by atoms with Crippen LogP contribution in [0, 0.1) is 0 Å². The smallest absolute Gasteiger partial charge is 0.317 e. The monoisotopic (exact) mass is 272 g/mol. The van der Waals surface area contributed by atoms with E-state index in [1.54, 1.807) is 14.1 Å². The number of halogens is 1. The maximum Gasteiger partial charge on any atom is 0.317 e. The number of likely N-dealkylation sites (N-methyl/N-ethyl adjacent to an activating group) is 2. The topological polar surface area (TPSA) is 60.9 Å². The number of amides is 1. The summed E-state index contributed by atoms with van der Waals surface area (Å²) in [5, 5.41) is 8.59. The molecule has 0 radical (unpaired) electrons. The van der Waals surface area contributed by atoms with Gasteiger partial charge in [0.05, 0.1) is 13.1 Å². The van der Waals surface area contributed by atoms with E-state index in [1.807, 2.05) is 30.3 Å². The van der Waals surface area contributed by atoms with Crippen LogP contribution in [0.2, 0.25) is 0 Å². The first kappa shape index (κ1) is 16.4. The number of nitrogens with zero attached hydrogens (tertiary/aromatic N) is 2. The molecule has 1 aromatic rings. The standard InChI is InChI=1S/C12H16N2O3.ClH/c1-13(9-12(16)17)8-11(15)14(2)10-6-4-3-5-7-10;/h3-7H,8-9H2,1-2H3,(H,16,17);1H. The summed E-state index contributed by atoms with van der Waals surface area (Å²) >= 11 is 0. The van der Waals surface area contributed by atoms with E-state index in [1.165, 1.54) is 9.80 Å². The molecule has 100 valence electrons. The Bertz CT molecular complexity index is 398. The molecular weight excluding hydrogens is 256 g/mol. The van der Waals surface area contributed by atoms with Gasteiger partial charge < -0.3 is 10.0 Å². The summed E-state index contributed by atoms with van der Waals surface area (Å²) in [6, 6.07) is 9.22. The van der Waals surface area contributed by atoms with Crippen LogP contribution in [-0.2, 0) is 9.59 Å². The highest BCUT2D eigenvalue weighted by Crippen LogP contribution is 2.11. The predicted molar refractivity (Wildman–Crippen MR) is 72.2 cm³/mol. The van der Waals surface area contributed by atoms with E-state index in [2.05, 4.69) is 0 Å². The lowest BCUT2D eigenvalue weighted by Crippen LogP contribution is -2.38. The third-order valence-electron chi connectivity index (χ3n) is 2.33. The summed E-state index contributed by atoms with van der Waals surface area (Å²) in [5.41, 5.74) is 0.793. The lowest BCUT2D eigenvalue weighted by atomic mass is 10.3. The molecule has 18 heavy (non-hydrogen) atoms. The van der Waals surface area contributed by atoms with Gasteiger partial charge >= 0.3 is 5.97 Å². The fourth-order valence-electron chi connectivity index (χ4n) is 1.42. The average molecular weight is 273 g/mol. The zero-order chi connectivity index (χ0) is 12.8. The molecule has 1 rings (SSSR count). The van der Waals surface area contributed by atoms with Gasteiger partial charge in [0.25, 0.3) is 0 Å². The predicted octanol–water partition coefficient (Wildman–Crippen LogP) is 1.09. The Labute approximate surface area is 112 Å². The summed E-state index contributed by atoms with van der Waals surface area (Å²) in [6.45, 7) is -0.0634. The second-order valence-electron chi connectivity index (χ2n) is 3.85. The molecular formula is C12H17ClN2O3. The van der Waals surface area contributed by atoms with Gasteiger partial charge in [-0.1, -0.05) is 18.2 Å². The van der Waals surface area contributed by atoms with Crippen molar-refractivity contribution in [2.45, 2.75) is 0 Å². The highest BCUT2D eigenvalue weighted by molar-refractivity contribution is 5.94. The first-order chi connectivity index (χ1) is 8.00. The number of benzene rings is 1. The highest BCUT2D eigenvalue weighted by atomic mass is 35.5. The third-order valence-corrected chi connectivity index (χ3v) is 2.33. The minimum atomic E-state index is -0.942. The summed E-state index contributed by atoms with van der Waals surface area (Å²) < 4.78 is 0. The molecule has 0 saturated carbocycles. The van der Waals surface area contributed by atoms with Crippen molar-refractivity contribution in [1.82, 2.24) is 4.90 Å². The normalized spacial score (nSPS) is 9.72. The van der Waals surface area contributed by atoms with Crippen LogP contribution in [0.4, 0.5) is 5.69 Å². The van der Waals surface area contributed by atoms with Crippen molar-refractivity contribution in [3.05, 3.63) is 30.3 Å². The van der Waals surface area contributed by atoms with E-state index in [-0.39, 0.29) is 31.4 Å². The number of para-hydroxylation sites is 1. The Balaban J connectivity index is 0.00000289. The zero-order valence-electron chi connectivity index (χ0n) is 10.4. The number of carboxylic acid groups (broad SMARTS) is 1. The first-order valence-corrected chi connectivity index (χ1v) is 5.22. The summed E-state index contributed by atoms with van der Waals surface area (Å²) in [7, 11) is 3.27. The highest BCUT2D eigenvalue weighted by Gasteiger charge is 2.14. The molecule has 0 heterocycles. The minimum Gasteiger partial charge on any atom is -0.480 e. The van der Waals surface area contributed by atoms with Crippen molar-refractivity contribution in [2.75, 3.05) is 32.1 Å². The Hall–Kier alpha value is -1.59. The Morgan fingerprint density at radius 3 is 2.17 bits per heavy atom. The van der Waals surface area contributed by atoms with Gasteiger partial charge in [0.2, 0.25) is 5.91 Å². The number of hydrogen-bond donors (Lipinski definition) is 1. The molecule has 5 nitrogen and oxygen atoms in total. The number of aliphatic carboxylic acids is 1. The summed E-state index contributed by atoms with van der Waals surface area (Å²) in [5.74, 6) is -1.08. The van der Waals surface area contributed by atoms with E-state index < -0.39 is 5.97 Å². The fourth-order valence-corrected chi connectivity index (χ4v) is 1.42. The van der Waals surface area contributed by atoms with Crippen LogP contribution in [0.5, 0.6) is 0 Å². The van der Waals surface area contributed by atoms with Gasteiger partial charge in [-0.05, 0) is 19.2 Å². The second kappa shape index (κ2) is 7.68. The van der Waals surface area contributed by atoms with Crippen LogP contribution < -0.4 is 4.90 Å². The molecule has 0 unspecified atom stereocenters. The molecule has 1 N–H and O–H groups in total. The Morgan fingerprint density at radius 1 is 1.11 bits per heavy atom. The van der Waals surface area contributed by atoms with E-state index in [4.69, 9.17) is 5.11 Å². The number of hydrogen-bond acceptors (Lipinski definition) is 3. The van der Waals surface area contributed by atoms with E-state index in [0.717, 1.165) is 5.69 Å². The van der Waals surface area contributed by atoms with E-state index in [0.29, 0.717) is 0 Å². The summed E-state index contributed by atoms with van der Waals surface area (Å²) in [6.07, 6.45) is 0. The van der Waals surface area contributed by atoms with Crippen LogP contribution in [-0.4, -0.2) is 49.1 Å². The SMILES string of the molecule is CN(CC(=O)O)CC(=O)N(C)c1ccccc1.Cl. The first-order valence-electron chi connectivity index (χ1n) is 5.22. The molecule has 0 aliphatic carbocycles. The molecule has 0 aliphatic rings. The van der Waals surface area contributed by atoms with Crippen molar-refractivity contribution < 1.29 is 14.7 Å². The van der Waals surface area contributed by atoms with Crippen molar-refractivity contribution in [3.8, 4) is 0 Å². The lowest BCUT2D eigenvalue weighted by molar-refractivity contribution is -0.138. The van der Waals surface area contributed by atoms with Gasteiger partial charge in [0.1, 0.15) is 0 Å². The van der Waals surface area contributed by atoms with Crippen molar-refractivity contribution in [2.24, 2.45) is 0 Å². The molecule has 0 aliphatic heterocycles. The van der Waals surface area contributed by atoms with Crippen molar-refractivity contribution in [1.29, 1.82) is 0 Å². The van der Waals surface area contributed by atoms with Crippen molar-refractivity contribution in [3.63, 3.8) is 0 Å².